The maximum absolute atomic E-state index is 12.8. The number of carbonyl (C=O) groups excluding carboxylic acids is 1. The maximum Gasteiger partial charge on any atom is 0.253 e. The molecule has 27 heavy (non-hydrogen) atoms. The predicted molar refractivity (Wildman–Crippen MR) is 107 cm³/mol. The Kier molecular flexibility index (Phi) is 6.14. The van der Waals surface area contributed by atoms with E-state index >= 15 is 0 Å². The van der Waals surface area contributed by atoms with Crippen LogP contribution in [0.25, 0.3) is 11.1 Å². The number of carbonyl (C=O) groups is 1. The average Bonchev–Trinajstić information content (AvgIpc) is 3.22. The van der Waals surface area contributed by atoms with E-state index in [4.69, 9.17) is 4.74 Å². The van der Waals surface area contributed by atoms with Crippen molar-refractivity contribution in [3.63, 3.8) is 0 Å². The highest BCUT2D eigenvalue weighted by molar-refractivity contribution is 5.94. The van der Waals surface area contributed by atoms with E-state index in [9.17, 15) is 9.90 Å². The predicted octanol–water partition coefficient (Wildman–Crippen LogP) is 3.14. The summed E-state index contributed by atoms with van der Waals surface area (Å²) in [7, 11) is 5.27. The second kappa shape index (κ2) is 8.55. The molecule has 2 N–H and O–H groups in total. The Labute approximate surface area is 161 Å². The number of rotatable bonds is 6. The van der Waals surface area contributed by atoms with Crippen LogP contribution < -0.4 is 10.1 Å². The lowest BCUT2D eigenvalue weighted by Gasteiger charge is -2.25. The van der Waals surface area contributed by atoms with Crippen LogP contribution in [0.5, 0.6) is 5.75 Å². The van der Waals surface area contributed by atoms with Crippen LogP contribution in [-0.4, -0.2) is 49.4 Å². The Balaban J connectivity index is 1.66. The van der Waals surface area contributed by atoms with Gasteiger partial charge in [0.15, 0.2) is 0 Å². The third kappa shape index (κ3) is 4.31. The van der Waals surface area contributed by atoms with Gasteiger partial charge in [0.2, 0.25) is 0 Å². The molecule has 2 aromatic carbocycles. The van der Waals surface area contributed by atoms with Crippen LogP contribution in [0.15, 0.2) is 48.5 Å². The SMILES string of the molecule is CNC(O)C1CCC(N(C)C(=O)c2ccc(-c3ccc(OC)cc3)cc2)C1. The zero-order valence-corrected chi connectivity index (χ0v) is 16.2. The minimum Gasteiger partial charge on any atom is -0.497 e. The number of methoxy groups -OCH3 is 1. The van der Waals surface area contributed by atoms with Crippen LogP contribution >= 0.6 is 0 Å². The molecule has 144 valence electrons. The smallest absolute Gasteiger partial charge is 0.253 e. The van der Waals surface area contributed by atoms with Gasteiger partial charge in [0.05, 0.1) is 7.11 Å². The molecule has 1 amide bonds. The molecule has 0 heterocycles. The maximum atomic E-state index is 12.8. The number of aliphatic hydroxyl groups is 1. The van der Waals surface area contributed by atoms with Gasteiger partial charge in [0.25, 0.3) is 5.91 Å². The van der Waals surface area contributed by atoms with Crippen LogP contribution in [0.2, 0.25) is 0 Å². The van der Waals surface area contributed by atoms with E-state index in [1.165, 1.54) is 0 Å². The third-order valence-corrected chi connectivity index (χ3v) is 5.61. The topological polar surface area (TPSA) is 61.8 Å². The first-order valence-electron chi connectivity index (χ1n) is 9.40. The molecule has 3 atom stereocenters. The molecule has 0 spiro atoms. The molecule has 1 aliphatic rings. The number of nitrogens with zero attached hydrogens (tertiary/aromatic N) is 1. The molecule has 0 radical (unpaired) electrons. The van der Waals surface area contributed by atoms with Crippen molar-refractivity contribution in [3.05, 3.63) is 54.1 Å². The summed E-state index contributed by atoms with van der Waals surface area (Å²) < 4.78 is 5.19. The first-order valence-corrected chi connectivity index (χ1v) is 9.40. The van der Waals surface area contributed by atoms with Gasteiger partial charge in [-0.15, -0.1) is 0 Å². The number of benzene rings is 2. The van der Waals surface area contributed by atoms with E-state index in [1.54, 1.807) is 14.2 Å². The van der Waals surface area contributed by atoms with Crippen molar-refractivity contribution < 1.29 is 14.6 Å². The van der Waals surface area contributed by atoms with Gasteiger partial charge in [0.1, 0.15) is 12.0 Å². The van der Waals surface area contributed by atoms with E-state index in [1.807, 2.05) is 60.5 Å². The van der Waals surface area contributed by atoms with Gasteiger partial charge in [-0.3, -0.25) is 10.1 Å². The van der Waals surface area contributed by atoms with Gasteiger partial charge >= 0.3 is 0 Å². The second-order valence-electron chi connectivity index (χ2n) is 7.18. The van der Waals surface area contributed by atoms with Crippen molar-refractivity contribution in [1.29, 1.82) is 0 Å². The molecular weight excluding hydrogens is 340 g/mol. The minimum absolute atomic E-state index is 0.0286. The van der Waals surface area contributed by atoms with Crippen LogP contribution in [0.1, 0.15) is 29.6 Å². The molecule has 0 aromatic heterocycles. The monoisotopic (exact) mass is 368 g/mol. The van der Waals surface area contributed by atoms with E-state index in [-0.39, 0.29) is 17.9 Å². The highest BCUT2D eigenvalue weighted by Crippen LogP contribution is 2.31. The summed E-state index contributed by atoms with van der Waals surface area (Å²) in [6.07, 6.45) is 2.19. The minimum atomic E-state index is -0.498. The zero-order chi connectivity index (χ0) is 19.4. The second-order valence-corrected chi connectivity index (χ2v) is 7.18. The van der Waals surface area contributed by atoms with Gasteiger partial charge in [0, 0.05) is 24.6 Å². The highest BCUT2D eigenvalue weighted by Gasteiger charge is 2.33. The molecule has 5 heteroatoms. The molecule has 1 aliphatic carbocycles. The fourth-order valence-corrected chi connectivity index (χ4v) is 3.82. The Morgan fingerprint density at radius 2 is 1.70 bits per heavy atom. The first-order chi connectivity index (χ1) is 13.0. The fourth-order valence-electron chi connectivity index (χ4n) is 3.82. The van der Waals surface area contributed by atoms with E-state index in [0.717, 1.165) is 36.1 Å². The summed E-state index contributed by atoms with van der Waals surface area (Å²) in [6.45, 7) is 0. The molecule has 1 fully saturated rings. The molecule has 0 aliphatic heterocycles. The van der Waals surface area contributed by atoms with E-state index in [2.05, 4.69) is 5.32 Å². The molecule has 5 nitrogen and oxygen atoms in total. The van der Waals surface area contributed by atoms with Crippen molar-refractivity contribution in [2.45, 2.75) is 31.5 Å². The summed E-state index contributed by atoms with van der Waals surface area (Å²) in [5.74, 6) is 1.05. The lowest BCUT2D eigenvalue weighted by molar-refractivity contribution is 0.0670. The lowest BCUT2D eigenvalue weighted by atomic mass is 10.0. The van der Waals surface area contributed by atoms with Gasteiger partial charge in [-0.2, -0.15) is 0 Å². The van der Waals surface area contributed by atoms with Gasteiger partial charge in [-0.05, 0) is 61.7 Å². The molecule has 3 rings (SSSR count). The Morgan fingerprint density at radius 3 is 2.26 bits per heavy atom. The molecule has 0 bridgehead atoms. The quantitative estimate of drug-likeness (QED) is 0.769. The van der Waals surface area contributed by atoms with Crippen molar-refractivity contribution in [2.75, 3.05) is 21.2 Å². The van der Waals surface area contributed by atoms with Gasteiger partial charge < -0.3 is 14.7 Å². The molecular formula is C22H28N2O3. The lowest BCUT2D eigenvalue weighted by Crippen LogP contribution is -2.37. The summed E-state index contributed by atoms with van der Waals surface area (Å²) in [5, 5.41) is 12.9. The highest BCUT2D eigenvalue weighted by atomic mass is 16.5. The zero-order valence-electron chi connectivity index (χ0n) is 16.2. The van der Waals surface area contributed by atoms with Gasteiger partial charge in [-0.1, -0.05) is 24.3 Å². The summed E-state index contributed by atoms with van der Waals surface area (Å²) >= 11 is 0. The average molecular weight is 368 g/mol. The number of ether oxygens (including phenoxy) is 1. The summed E-state index contributed by atoms with van der Waals surface area (Å²) in [4.78, 5) is 14.7. The number of hydrogen-bond acceptors (Lipinski definition) is 4. The molecule has 3 unspecified atom stereocenters. The standard InChI is InChI=1S/C22H28N2O3/c1-23-21(25)18-8-11-19(14-18)24(2)22(26)17-6-4-15(5-7-17)16-9-12-20(27-3)13-10-16/h4-7,9-10,12-13,18-19,21,23,25H,8,11,14H2,1-3H3. The van der Waals surface area contributed by atoms with Crippen LogP contribution in [0, 0.1) is 5.92 Å². The van der Waals surface area contributed by atoms with Crippen molar-refractivity contribution >= 4 is 5.91 Å². The number of aliphatic hydroxyl groups excluding tert-OH is 1. The first kappa shape index (κ1) is 19.4. The Morgan fingerprint density at radius 1 is 1.11 bits per heavy atom. The van der Waals surface area contributed by atoms with E-state index < -0.39 is 6.23 Å². The van der Waals surface area contributed by atoms with E-state index in [0.29, 0.717) is 5.56 Å². The van der Waals surface area contributed by atoms with Gasteiger partial charge in [-0.25, -0.2) is 0 Å². The summed E-state index contributed by atoms with van der Waals surface area (Å²) in [5.41, 5.74) is 2.84. The number of nitrogens with one attached hydrogen (secondary N) is 1. The molecule has 2 aromatic rings. The Bertz CT molecular complexity index is 758. The summed E-state index contributed by atoms with van der Waals surface area (Å²) in [6, 6.07) is 15.8. The number of amides is 1. The van der Waals surface area contributed by atoms with Crippen LogP contribution in [0.4, 0.5) is 0 Å². The molecule has 0 saturated heterocycles. The van der Waals surface area contributed by atoms with Crippen molar-refractivity contribution in [2.24, 2.45) is 5.92 Å². The number of hydrogen-bond donors (Lipinski definition) is 2. The third-order valence-electron chi connectivity index (χ3n) is 5.61. The molecule has 1 saturated carbocycles. The van der Waals surface area contributed by atoms with Crippen LogP contribution in [-0.2, 0) is 0 Å². The normalized spacial score (nSPS) is 20.3. The largest absolute Gasteiger partial charge is 0.497 e. The Hall–Kier alpha value is -2.37. The van der Waals surface area contributed by atoms with Crippen molar-refractivity contribution in [1.82, 2.24) is 10.2 Å². The fraction of sp³-hybridized carbons (Fsp3) is 0.409. The van der Waals surface area contributed by atoms with Crippen molar-refractivity contribution in [3.8, 4) is 16.9 Å². The van der Waals surface area contributed by atoms with Crippen LogP contribution in [0.3, 0.4) is 0 Å².